The van der Waals surface area contributed by atoms with Gasteiger partial charge in [-0.2, -0.15) is 0 Å². The lowest BCUT2D eigenvalue weighted by Crippen LogP contribution is -2.08. The number of carbonyl (C=O) groups excluding carboxylic acids is 1. The standard InChI is InChI=1S/C14H11BrFN3O4/c1-23-14(20)9-5-12(19(21)22)13(18-7-9)17-6-8-4-10(16)2-3-11(8)15/h2-5,7H,6H2,1H3,(H,17,18). The van der Waals surface area contributed by atoms with Crippen LogP contribution in [0, 0.1) is 15.9 Å². The smallest absolute Gasteiger partial charge is 0.339 e. The van der Waals surface area contributed by atoms with Gasteiger partial charge in [0.25, 0.3) is 0 Å². The Morgan fingerprint density at radius 1 is 1.48 bits per heavy atom. The number of benzene rings is 1. The van der Waals surface area contributed by atoms with Gasteiger partial charge in [-0.25, -0.2) is 14.2 Å². The van der Waals surface area contributed by atoms with Crippen molar-refractivity contribution in [2.45, 2.75) is 6.54 Å². The minimum Gasteiger partial charge on any atom is -0.465 e. The van der Waals surface area contributed by atoms with Crippen LogP contribution in [0.1, 0.15) is 15.9 Å². The van der Waals surface area contributed by atoms with Crippen molar-refractivity contribution in [3.63, 3.8) is 0 Å². The first-order valence-corrected chi connectivity index (χ1v) is 7.12. The van der Waals surface area contributed by atoms with E-state index in [9.17, 15) is 19.3 Å². The Morgan fingerprint density at radius 3 is 2.87 bits per heavy atom. The number of aromatic nitrogens is 1. The number of halogens is 2. The van der Waals surface area contributed by atoms with E-state index in [0.29, 0.717) is 10.0 Å². The summed E-state index contributed by atoms with van der Waals surface area (Å²) in [5.41, 5.74) is 0.162. The number of hydrogen-bond donors (Lipinski definition) is 1. The van der Waals surface area contributed by atoms with Gasteiger partial charge >= 0.3 is 11.7 Å². The molecule has 7 nitrogen and oxygen atoms in total. The van der Waals surface area contributed by atoms with Crippen molar-refractivity contribution in [1.29, 1.82) is 0 Å². The molecule has 9 heteroatoms. The Balaban J connectivity index is 2.27. The Morgan fingerprint density at radius 2 is 2.22 bits per heavy atom. The third kappa shape index (κ3) is 4.01. The molecule has 0 fully saturated rings. The van der Waals surface area contributed by atoms with Crippen molar-refractivity contribution >= 4 is 33.4 Å². The van der Waals surface area contributed by atoms with E-state index in [0.717, 1.165) is 6.07 Å². The normalized spacial score (nSPS) is 10.2. The van der Waals surface area contributed by atoms with Crippen molar-refractivity contribution in [1.82, 2.24) is 4.98 Å². The van der Waals surface area contributed by atoms with Crippen molar-refractivity contribution in [2.75, 3.05) is 12.4 Å². The first-order valence-electron chi connectivity index (χ1n) is 6.33. The molecule has 0 aliphatic heterocycles. The van der Waals surface area contributed by atoms with Crippen LogP contribution in [-0.2, 0) is 11.3 Å². The predicted octanol–water partition coefficient (Wildman–Crippen LogP) is 3.29. The van der Waals surface area contributed by atoms with Crippen LogP contribution in [0.2, 0.25) is 0 Å². The van der Waals surface area contributed by atoms with Gasteiger partial charge in [0, 0.05) is 23.3 Å². The summed E-state index contributed by atoms with van der Waals surface area (Å²) in [6, 6.07) is 5.20. The molecule has 0 bridgehead atoms. The van der Waals surface area contributed by atoms with E-state index < -0.39 is 16.7 Å². The molecule has 2 aromatic rings. The monoisotopic (exact) mass is 383 g/mol. The predicted molar refractivity (Wildman–Crippen MR) is 83.7 cm³/mol. The zero-order valence-corrected chi connectivity index (χ0v) is 13.5. The Bertz CT molecular complexity index is 770. The average Bonchev–Trinajstić information content (AvgIpc) is 2.54. The summed E-state index contributed by atoms with van der Waals surface area (Å²) in [5.74, 6) is -1.17. The highest BCUT2D eigenvalue weighted by Crippen LogP contribution is 2.25. The second-order valence-electron chi connectivity index (χ2n) is 4.43. The lowest BCUT2D eigenvalue weighted by molar-refractivity contribution is -0.384. The van der Waals surface area contributed by atoms with E-state index >= 15 is 0 Å². The highest BCUT2D eigenvalue weighted by atomic mass is 79.9. The number of carbonyl (C=O) groups is 1. The highest BCUT2D eigenvalue weighted by Gasteiger charge is 2.19. The van der Waals surface area contributed by atoms with Crippen molar-refractivity contribution < 1.29 is 18.8 Å². The molecular formula is C14H11BrFN3O4. The fraction of sp³-hybridized carbons (Fsp3) is 0.143. The minimum atomic E-state index is -0.722. The number of esters is 1. The van der Waals surface area contributed by atoms with Gasteiger partial charge in [0.15, 0.2) is 0 Å². The fourth-order valence-electron chi connectivity index (χ4n) is 1.82. The van der Waals surface area contributed by atoms with Crippen LogP contribution in [0.4, 0.5) is 15.9 Å². The molecule has 1 heterocycles. The van der Waals surface area contributed by atoms with Crippen LogP contribution in [-0.4, -0.2) is 23.0 Å². The van der Waals surface area contributed by atoms with E-state index in [1.807, 2.05) is 0 Å². The maximum Gasteiger partial charge on any atom is 0.339 e. The van der Waals surface area contributed by atoms with E-state index in [1.165, 1.54) is 31.5 Å². The number of pyridine rings is 1. The van der Waals surface area contributed by atoms with Crippen molar-refractivity contribution in [2.24, 2.45) is 0 Å². The number of nitrogens with zero attached hydrogens (tertiary/aromatic N) is 2. The first kappa shape index (κ1) is 16.8. The molecule has 0 spiro atoms. The number of nitrogens with one attached hydrogen (secondary N) is 1. The van der Waals surface area contributed by atoms with Gasteiger partial charge in [0.05, 0.1) is 17.6 Å². The summed E-state index contributed by atoms with van der Waals surface area (Å²) in [6.45, 7) is 0.115. The summed E-state index contributed by atoms with van der Waals surface area (Å²) in [5, 5.41) is 13.9. The molecule has 0 radical (unpaired) electrons. The van der Waals surface area contributed by atoms with Gasteiger partial charge < -0.3 is 10.1 Å². The molecule has 1 aromatic heterocycles. The number of methoxy groups -OCH3 is 1. The molecule has 1 N–H and O–H groups in total. The van der Waals surface area contributed by atoms with Gasteiger partial charge in [-0.05, 0) is 23.8 Å². The van der Waals surface area contributed by atoms with Crippen LogP contribution >= 0.6 is 15.9 Å². The minimum absolute atomic E-state index is 0.0289. The lowest BCUT2D eigenvalue weighted by atomic mass is 10.2. The van der Waals surface area contributed by atoms with E-state index in [4.69, 9.17) is 0 Å². The molecule has 1 aromatic carbocycles. The molecule has 0 aliphatic rings. The van der Waals surface area contributed by atoms with Crippen LogP contribution < -0.4 is 5.32 Å². The number of hydrogen-bond acceptors (Lipinski definition) is 6. The molecule has 0 aliphatic carbocycles. The maximum atomic E-state index is 13.2. The highest BCUT2D eigenvalue weighted by molar-refractivity contribution is 9.10. The van der Waals surface area contributed by atoms with Gasteiger partial charge in [-0.1, -0.05) is 15.9 Å². The third-order valence-corrected chi connectivity index (χ3v) is 3.71. The second kappa shape index (κ2) is 7.14. The number of rotatable bonds is 5. The molecule has 2 rings (SSSR count). The Labute approximate surface area is 138 Å². The largest absolute Gasteiger partial charge is 0.465 e. The molecular weight excluding hydrogens is 373 g/mol. The summed E-state index contributed by atoms with van der Waals surface area (Å²) < 4.78 is 18.4. The van der Waals surface area contributed by atoms with Crippen molar-refractivity contribution in [3.8, 4) is 0 Å². The number of ether oxygens (including phenoxy) is 1. The summed E-state index contributed by atoms with van der Waals surface area (Å²) in [6.07, 6.45) is 1.17. The quantitative estimate of drug-likeness (QED) is 0.483. The van der Waals surface area contributed by atoms with Crippen LogP contribution in [0.3, 0.4) is 0 Å². The first-order chi connectivity index (χ1) is 10.9. The van der Waals surface area contributed by atoms with Crippen molar-refractivity contribution in [3.05, 3.63) is 62.0 Å². The SMILES string of the molecule is COC(=O)c1cnc(NCc2cc(F)ccc2Br)c([N+](=O)[O-])c1. The fourth-order valence-corrected chi connectivity index (χ4v) is 2.20. The summed E-state index contributed by atoms with van der Waals surface area (Å²) in [7, 11) is 1.17. The Kier molecular flexibility index (Phi) is 5.22. The van der Waals surface area contributed by atoms with E-state index in [1.54, 1.807) is 0 Å². The van der Waals surface area contributed by atoms with Crippen LogP contribution in [0.15, 0.2) is 34.9 Å². The van der Waals surface area contributed by atoms with E-state index in [-0.39, 0.29) is 23.6 Å². The molecule has 120 valence electrons. The van der Waals surface area contributed by atoms with Crippen LogP contribution in [0.5, 0.6) is 0 Å². The lowest BCUT2D eigenvalue weighted by Gasteiger charge is -2.09. The molecule has 0 saturated heterocycles. The van der Waals surface area contributed by atoms with Gasteiger partial charge in [-0.3, -0.25) is 10.1 Å². The Hall–Kier alpha value is -2.55. The summed E-state index contributed by atoms with van der Waals surface area (Å²) >= 11 is 3.27. The second-order valence-corrected chi connectivity index (χ2v) is 5.28. The number of nitro groups is 1. The summed E-state index contributed by atoms with van der Waals surface area (Å²) in [4.78, 5) is 25.7. The average molecular weight is 384 g/mol. The van der Waals surface area contributed by atoms with Gasteiger partial charge in [0.2, 0.25) is 5.82 Å². The maximum absolute atomic E-state index is 13.2. The van der Waals surface area contributed by atoms with Gasteiger partial charge in [0.1, 0.15) is 5.82 Å². The zero-order valence-electron chi connectivity index (χ0n) is 11.9. The zero-order chi connectivity index (χ0) is 17.0. The van der Waals surface area contributed by atoms with Gasteiger partial charge in [-0.15, -0.1) is 0 Å². The molecule has 23 heavy (non-hydrogen) atoms. The van der Waals surface area contributed by atoms with E-state index in [2.05, 4.69) is 31.0 Å². The number of anilines is 1. The molecule has 0 saturated carbocycles. The third-order valence-electron chi connectivity index (χ3n) is 2.94. The van der Waals surface area contributed by atoms with Crippen LogP contribution in [0.25, 0.3) is 0 Å². The molecule has 0 amide bonds. The topological polar surface area (TPSA) is 94.4 Å². The molecule has 0 unspecified atom stereocenters. The molecule has 0 atom stereocenters.